The van der Waals surface area contributed by atoms with Crippen LogP contribution in [-0.4, -0.2) is 29.0 Å². The van der Waals surface area contributed by atoms with E-state index in [0.29, 0.717) is 29.4 Å². The SMILES string of the molecule is CNC(=O)c1ccc(NC(=O)CCc2nc(-c3cccs3)no2)cc1. The summed E-state index contributed by atoms with van der Waals surface area (Å²) >= 11 is 1.53. The van der Waals surface area contributed by atoms with Gasteiger partial charge < -0.3 is 15.2 Å². The van der Waals surface area contributed by atoms with Crippen LogP contribution in [0, 0.1) is 0 Å². The molecule has 0 atom stereocenters. The van der Waals surface area contributed by atoms with E-state index in [9.17, 15) is 9.59 Å². The van der Waals surface area contributed by atoms with Crippen LogP contribution >= 0.6 is 11.3 Å². The Hall–Kier alpha value is -3.00. The Morgan fingerprint density at radius 1 is 1.20 bits per heavy atom. The summed E-state index contributed by atoms with van der Waals surface area (Å²) in [4.78, 5) is 28.7. The first-order valence-electron chi connectivity index (χ1n) is 7.64. The van der Waals surface area contributed by atoms with E-state index >= 15 is 0 Å². The van der Waals surface area contributed by atoms with E-state index in [1.807, 2.05) is 17.5 Å². The van der Waals surface area contributed by atoms with Crippen molar-refractivity contribution in [3.63, 3.8) is 0 Å². The van der Waals surface area contributed by atoms with Crippen LogP contribution in [0.3, 0.4) is 0 Å². The maximum absolute atomic E-state index is 12.0. The van der Waals surface area contributed by atoms with Crippen molar-refractivity contribution in [2.24, 2.45) is 0 Å². The second-order valence-electron chi connectivity index (χ2n) is 5.19. The van der Waals surface area contributed by atoms with Gasteiger partial charge >= 0.3 is 0 Å². The van der Waals surface area contributed by atoms with Crippen LogP contribution < -0.4 is 10.6 Å². The molecule has 0 spiro atoms. The molecule has 0 aliphatic rings. The molecule has 0 aliphatic heterocycles. The predicted octanol–water partition coefficient (Wildman–Crippen LogP) is 2.73. The van der Waals surface area contributed by atoms with Crippen molar-refractivity contribution in [3.8, 4) is 10.7 Å². The van der Waals surface area contributed by atoms with Crippen LogP contribution in [-0.2, 0) is 11.2 Å². The third kappa shape index (κ3) is 4.30. The molecule has 0 fully saturated rings. The Bertz CT molecular complexity index is 856. The van der Waals surface area contributed by atoms with Gasteiger partial charge in [-0.1, -0.05) is 11.2 Å². The summed E-state index contributed by atoms with van der Waals surface area (Å²) in [7, 11) is 1.57. The summed E-state index contributed by atoms with van der Waals surface area (Å²) < 4.78 is 5.16. The number of aromatic nitrogens is 2. The fourth-order valence-electron chi connectivity index (χ4n) is 2.16. The lowest BCUT2D eigenvalue weighted by atomic mass is 10.2. The summed E-state index contributed by atoms with van der Waals surface area (Å²) in [6.45, 7) is 0. The van der Waals surface area contributed by atoms with E-state index in [-0.39, 0.29) is 18.2 Å². The number of amides is 2. The monoisotopic (exact) mass is 356 g/mol. The number of nitrogens with zero attached hydrogens (tertiary/aromatic N) is 2. The maximum Gasteiger partial charge on any atom is 0.251 e. The lowest BCUT2D eigenvalue weighted by Gasteiger charge is -2.05. The number of nitrogens with one attached hydrogen (secondary N) is 2. The summed E-state index contributed by atoms with van der Waals surface area (Å²) in [6, 6.07) is 10.5. The number of thiophene rings is 1. The molecule has 2 N–H and O–H groups in total. The van der Waals surface area contributed by atoms with Gasteiger partial charge in [-0.3, -0.25) is 9.59 Å². The van der Waals surface area contributed by atoms with E-state index in [2.05, 4.69) is 20.8 Å². The molecule has 0 radical (unpaired) electrons. The lowest BCUT2D eigenvalue weighted by molar-refractivity contribution is -0.116. The average molecular weight is 356 g/mol. The molecule has 1 aromatic carbocycles. The van der Waals surface area contributed by atoms with Gasteiger partial charge in [-0.05, 0) is 35.7 Å². The van der Waals surface area contributed by atoms with Crippen molar-refractivity contribution in [1.82, 2.24) is 15.5 Å². The zero-order chi connectivity index (χ0) is 17.6. The van der Waals surface area contributed by atoms with Crippen LogP contribution in [0.2, 0.25) is 0 Å². The summed E-state index contributed by atoms with van der Waals surface area (Å²) in [5, 5.41) is 11.2. The molecule has 2 amide bonds. The minimum atomic E-state index is -0.171. The van der Waals surface area contributed by atoms with E-state index in [1.54, 1.807) is 31.3 Å². The van der Waals surface area contributed by atoms with Gasteiger partial charge in [0.2, 0.25) is 17.6 Å². The zero-order valence-electron chi connectivity index (χ0n) is 13.5. The van der Waals surface area contributed by atoms with Crippen LogP contribution in [0.1, 0.15) is 22.7 Å². The van der Waals surface area contributed by atoms with Crippen LogP contribution in [0.15, 0.2) is 46.3 Å². The van der Waals surface area contributed by atoms with Crippen LogP contribution in [0.5, 0.6) is 0 Å². The van der Waals surface area contributed by atoms with Crippen molar-refractivity contribution in [2.45, 2.75) is 12.8 Å². The van der Waals surface area contributed by atoms with Crippen molar-refractivity contribution in [1.29, 1.82) is 0 Å². The van der Waals surface area contributed by atoms with Gasteiger partial charge in [0.1, 0.15) is 0 Å². The van der Waals surface area contributed by atoms with Gasteiger partial charge in [0, 0.05) is 31.1 Å². The van der Waals surface area contributed by atoms with Gasteiger partial charge in [0.15, 0.2) is 0 Å². The molecular weight excluding hydrogens is 340 g/mol. The number of carbonyl (C=O) groups excluding carboxylic acids is 2. The largest absolute Gasteiger partial charge is 0.355 e. The molecule has 2 aromatic heterocycles. The van der Waals surface area contributed by atoms with Crippen LogP contribution in [0.25, 0.3) is 10.7 Å². The standard InChI is InChI=1S/C17H16N4O3S/c1-18-17(23)11-4-6-12(7-5-11)19-14(22)8-9-15-20-16(21-24-15)13-3-2-10-25-13/h2-7,10H,8-9H2,1H3,(H,18,23)(H,19,22). The molecule has 0 bridgehead atoms. The highest BCUT2D eigenvalue weighted by Gasteiger charge is 2.11. The van der Waals surface area contributed by atoms with E-state index in [1.165, 1.54) is 11.3 Å². The smallest absolute Gasteiger partial charge is 0.251 e. The van der Waals surface area contributed by atoms with Crippen molar-refractivity contribution in [3.05, 3.63) is 53.2 Å². The molecule has 25 heavy (non-hydrogen) atoms. The van der Waals surface area contributed by atoms with E-state index in [0.717, 1.165) is 4.88 Å². The highest BCUT2D eigenvalue weighted by atomic mass is 32.1. The third-order valence-electron chi connectivity index (χ3n) is 3.43. The first-order valence-corrected chi connectivity index (χ1v) is 8.52. The molecule has 128 valence electrons. The molecular formula is C17H16N4O3S. The quantitative estimate of drug-likeness (QED) is 0.708. The summed E-state index contributed by atoms with van der Waals surface area (Å²) in [6.07, 6.45) is 0.587. The van der Waals surface area contributed by atoms with E-state index < -0.39 is 0 Å². The minimum absolute atomic E-state index is 0.163. The van der Waals surface area contributed by atoms with Crippen molar-refractivity contribution in [2.75, 3.05) is 12.4 Å². The molecule has 3 aromatic rings. The minimum Gasteiger partial charge on any atom is -0.355 e. The molecule has 0 unspecified atom stereocenters. The lowest BCUT2D eigenvalue weighted by Crippen LogP contribution is -2.18. The number of anilines is 1. The number of benzene rings is 1. The number of rotatable bonds is 6. The summed E-state index contributed by atoms with van der Waals surface area (Å²) in [5.41, 5.74) is 1.16. The highest BCUT2D eigenvalue weighted by Crippen LogP contribution is 2.21. The second-order valence-corrected chi connectivity index (χ2v) is 6.14. The Labute approximate surface area is 148 Å². The third-order valence-corrected chi connectivity index (χ3v) is 4.30. The zero-order valence-corrected chi connectivity index (χ0v) is 14.3. The predicted molar refractivity (Wildman–Crippen MR) is 94.4 cm³/mol. The maximum atomic E-state index is 12.0. The number of carbonyl (C=O) groups is 2. The van der Waals surface area contributed by atoms with Crippen molar-refractivity contribution < 1.29 is 14.1 Å². The highest BCUT2D eigenvalue weighted by molar-refractivity contribution is 7.13. The molecule has 0 saturated carbocycles. The van der Waals surface area contributed by atoms with E-state index in [4.69, 9.17) is 4.52 Å². The van der Waals surface area contributed by atoms with Gasteiger partial charge in [0.05, 0.1) is 4.88 Å². The number of hydrogen-bond acceptors (Lipinski definition) is 6. The normalized spacial score (nSPS) is 10.4. The van der Waals surface area contributed by atoms with Gasteiger partial charge in [-0.2, -0.15) is 4.98 Å². The number of hydrogen-bond donors (Lipinski definition) is 2. The first kappa shape index (κ1) is 16.8. The average Bonchev–Trinajstić information content (AvgIpc) is 3.31. The topological polar surface area (TPSA) is 97.1 Å². The molecule has 0 aliphatic carbocycles. The Morgan fingerprint density at radius 2 is 2.00 bits per heavy atom. The Morgan fingerprint density at radius 3 is 2.68 bits per heavy atom. The Balaban J connectivity index is 1.52. The van der Waals surface area contributed by atoms with Gasteiger partial charge in [-0.25, -0.2) is 0 Å². The first-order chi connectivity index (χ1) is 12.2. The number of aryl methyl sites for hydroxylation is 1. The molecule has 3 rings (SSSR count). The molecule has 0 saturated heterocycles. The molecule has 8 heteroatoms. The van der Waals surface area contributed by atoms with Crippen LogP contribution in [0.4, 0.5) is 5.69 Å². The molecule has 2 heterocycles. The summed E-state index contributed by atoms with van der Waals surface area (Å²) in [5.74, 6) is 0.628. The second kappa shape index (κ2) is 7.71. The fraction of sp³-hybridized carbons (Fsp3) is 0.176. The van der Waals surface area contributed by atoms with Crippen molar-refractivity contribution >= 4 is 28.8 Å². The fourth-order valence-corrected chi connectivity index (χ4v) is 2.80. The van der Waals surface area contributed by atoms with Gasteiger partial charge in [0.25, 0.3) is 5.91 Å². The van der Waals surface area contributed by atoms with Gasteiger partial charge in [-0.15, -0.1) is 11.3 Å². The Kier molecular flexibility index (Phi) is 5.20. The molecule has 7 nitrogen and oxygen atoms in total.